The number of amides is 3. The molecular formula is C30H37FN6O7. The Morgan fingerprint density at radius 1 is 1.09 bits per heavy atom. The topological polar surface area (TPSA) is 145 Å². The third-order valence-electron chi connectivity index (χ3n) is 6.10. The summed E-state index contributed by atoms with van der Waals surface area (Å²) in [6.07, 6.45) is 3.00. The van der Waals surface area contributed by atoms with Crippen LogP contribution in [0, 0.1) is 5.82 Å². The molecule has 0 aliphatic rings. The molecule has 1 N–H and O–H groups in total. The lowest BCUT2D eigenvalue weighted by Gasteiger charge is -2.21. The lowest BCUT2D eigenvalue weighted by atomic mass is 10.1. The predicted octanol–water partition coefficient (Wildman–Crippen LogP) is 3.60. The Bertz CT molecular complexity index is 1630. The summed E-state index contributed by atoms with van der Waals surface area (Å²) < 4.78 is 27.3. The molecule has 0 aliphatic carbocycles. The monoisotopic (exact) mass is 612 g/mol. The molecule has 14 heteroatoms. The number of hydrogen-bond donors (Lipinski definition) is 1. The Labute approximate surface area is 253 Å². The number of carbonyl (C=O) groups excluding carboxylic acids is 4. The van der Waals surface area contributed by atoms with Crippen LogP contribution in [0.2, 0.25) is 0 Å². The summed E-state index contributed by atoms with van der Waals surface area (Å²) in [6, 6.07) is 5.49. The van der Waals surface area contributed by atoms with Crippen LogP contribution in [0.4, 0.5) is 19.8 Å². The molecule has 0 spiro atoms. The Kier molecular flexibility index (Phi) is 10.6. The number of ether oxygens (including phenoxy) is 2. The average molecular weight is 613 g/mol. The van der Waals surface area contributed by atoms with E-state index in [-0.39, 0.29) is 31.1 Å². The third-order valence-corrected chi connectivity index (χ3v) is 6.10. The van der Waals surface area contributed by atoms with Gasteiger partial charge in [0.25, 0.3) is 11.5 Å². The summed E-state index contributed by atoms with van der Waals surface area (Å²) in [5.41, 5.74) is -0.817. The maximum Gasteiger partial charge on any atom is 0.419 e. The number of nitrogens with zero attached hydrogens (tertiary/aromatic N) is 5. The van der Waals surface area contributed by atoms with Crippen molar-refractivity contribution < 1.29 is 33.0 Å². The minimum atomic E-state index is -1.30. The zero-order chi connectivity index (χ0) is 32.8. The van der Waals surface area contributed by atoms with E-state index in [2.05, 4.69) is 10.3 Å². The van der Waals surface area contributed by atoms with Gasteiger partial charge in [-0.2, -0.15) is 0 Å². The predicted molar refractivity (Wildman–Crippen MR) is 161 cm³/mol. The molecule has 2 aromatic heterocycles. The molecule has 2 heterocycles. The molecule has 0 saturated heterocycles. The average Bonchev–Trinajstić information content (AvgIpc) is 3.28. The molecule has 1 atom stereocenters. The number of allylic oxidation sites excluding steroid dienone is 1. The molecule has 236 valence electrons. The molecule has 0 bridgehead atoms. The SMILES string of the molecule is CN(C)C(=O)/C=C/CCC(OC(=O)N(C)C)C(=O)Nc1nccn(Cc2cc3cc(F)ccc3n2C(=O)OC(C)(C)C)c1=O. The van der Waals surface area contributed by atoms with E-state index in [1.54, 1.807) is 47.0 Å². The quantitative estimate of drug-likeness (QED) is 0.361. The summed E-state index contributed by atoms with van der Waals surface area (Å²) in [6.45, 7) is 4.98. The summed E-state index contributed by atoms with van der Waals surface area (Å²) in [5, 5.41) is 2.85. The van der Waals surface area contributed by atoms with Crippen molar-refractivity contribution in [2.24, 2.45) is 0 Å². The second kappa shape index (κ2) is 14.0. The number of anilines is 1. The Morgan fingerprint density at radius 3 is 2.43 bits per heavy atom. The normalized spacial score (nSPS) is 12.2. The zero-order valence-electron chi connectivity index (χ0n) is 25.8. The maximum atomic E-state index is 14.0. The van der Waals surface area contributed by atoms with Crippen LogP contribution in [0.15, 0.2) is 53.6 Å². The van der Waals surface area contributed by atoms with E-state index in [4.69, 9.17) is 9.47 Å². The minimum Gasteiger partial charge on any atom is -0.443 e. The number of halogens is 1. The van der Waals surface area contributed by atoms with Crippen LogP contribution in [-0.4, -0.2) is 87.8 Å². The fourth-order valence-corrected chi connectivity index (χ4v) is 3.96. The fourth-order valence-electron chi connectivity index (χ4n) is 3.96. The number of nitrogens with one attached hydrogen (secondary N) is 1. The van der Waals surface area contributed by atoms with Crippen molar-refractivity contribution in [1.82, 2.24) is 23.9 Å². The smallest absolute Gasteiger partial charge is 0.419 e. The number of fused-ring (bicyclic) bond motifs is 1. The Morgan fingerprint density at radius 2 is 1.80 bits per heavy atom. The van der Waals surface area contributed by atoms with Crippen LogP contribution in [0.5, 0.6) is 0 Å². The van der Waals surface area contributed by atoms with Crippen LogP contribution < -0.4 is 10.9 Å². The first-order chi connectivity index (χ1) is 20.6. The molecule has 0 fully saturated rings. The van der Waals surface area contributed by atoms with Crippen LogP contribution in [0.25, 0.3) is 10.9 Å². The molecule has 13 nitrogen and oxygen atoms in total. The zero-order valence-corrected chi connectivity index (χ0v) is 25.8. The molecule has 3 aromatic rings. The van der Waals surface area contributed by atoms with Gasteiger partial charge in [-0.05, 0) is 64.0 Å². The van der Waals surface area contributed by atoms with Crippen molar-refractivity contribution in [2.75, 3.05) is 33.5 Å². The highest BCUT2D eigenvalue weighted by Gasteiger charge is 2.26. The van der Waals surface area contributed by atoms with Crippen molar-refractivity contribution in [3.8, 4) is 0 Å². The number of rotatable bonds is 9. The van der Waals surface area contributed by atoms with Crippen molar-refractivity contribution in [3.05, 3.63) is 70.7 Å². The molecule has 1 unspecified atom stereocenters. The first-order valence-corrected chi connectivity index (χ1v) is 13.7. The van der Waals surface area contributed by atoms with Crippen molar-refractivity contribution in [1.29, 1.82) is 0 Å². The van der Waals surface area contributed by atoms with E-state index in [0.717, 1.165) is 4.90 Å². The maximum absolute atomic E-state index is 14.0. The van der Waals surface area contributed by atoms with Gasteiger partial charge in [-0.15, -0.1) is 0 Å². The Balaban J connectivity index is 1.89. The van der Waals surface area contributed by atoms with Gasteiger partial charge in [-0.25, -0.2) is 23.5 Å². The lowest BCUT2D eigenvalue weighted by Crippen LogP contribution is -2.38. The van der Waals surface area contributed by atoms with Gasteiger partial charge < -0.3 is 29.2 Å². The molecular weight excluding hydrogens is 575 g/mol. The van der Waals surface area contributed by atoms with Gasteiger partial charge in [-0.3, -0.25) is 14.4 Å². The molecule has 44 heavy (non-hydrogen) atoms. The van der Waals surface area contributed by atoms with Crippen molar-refractivity contribution >= 4 is 40.7 Å². The van der Waals surface area contributed by atoms with Crippen molar-refractivity contribution in [3.63, 3.8) is 0 Å². The van der Waals surface area contributed by atoms with E-state index in [0.29, 0.717) is 16.6 Å². The first-order valence-electron chi connectivity index (χ1n) is 13.7. The number of aromatic nitrogens is 3. The van der Waals surface area contributed by atoms with Gasteiger partial charge in [0.15, 0.2) is 11.9 Å². The number of benzene rings is 1. The van der Waals surface area contributed by atoms with E-state index in [1.165, 1.54) is 64.8 Å². The molecule has 3 rings (SSSR count). The molecule has 0 aliphatic heterocycles. The van der Waals surface area contributed by atoms with E-state index in [1.807, 2.05) is 0 Å². The van der Waals surface area contributed by atoms with Gasteiger partial charge in [0.05, 0.1) is 17.8 Å². The Hall–Kier alpha value is -5.01. The summed E-state index contributed by atoms with van der Waals surface area (Å²) in [5.74, 6) is -1.89. The van der Waals surface area contributed by atoms with Crippen LogP contribution in [0.1, 0.15) is 39.3 Å². The molecule has 1 aromatic carbocycles. The highest BCUT2D eigenvalue weighted by atomic mass is 19.1. The van der Waals surface area contributed by atoms with E-state index >= 15 is 0 Å². The molecule has 3 amide bonds. The molecule has 0 radical (unpaired) electrons. The van der Waals surface area contributed by atoms with Crippen LogP contribution in [-0.2, 0) is 25.6 Å². The second-order valence-corrected chi connectivity index (χ2v) is 11.3. The van der Waals surface area contributed by atoms with Gasteiger partial charge in [0.2, 0.25) is 5.91 Å². The summed E-state index contributed by atoms with van der Waals surface area (Å²) in [4.78, 5) is 70.2. The van der Waals surface area contributed by atoms with E-state index < -0.39 is 41.2 Å². The number of carbonyl (C=O) groups is 4. The van der Waals surface area contributed by atoms with Gasteiger partial charge >= 0.3 is 12.2 Å². The van der Waals surface area contributed by atoms with Crippen LogP contribution in [0.3, 0.4) is 0 Å². The van der Waals surface area contributed by atoms with E-state index in [9.17, 15) is 28.4 Å². The standard InChI is InChI=1S/C30H37FN6O7/c1-30(2,3)44-29(42)37-21(17-19-16-20(31)12-13-22(19)37)18-36-15-14-32-25(27(36)40)33-26(39)23(43-28(41)35(6)7)10-8-9-11-24(38)34(4)5/h9,11-17,23H,8,10,18H2,1-7H3,(H,32,33,39)/b11-9+. The van der Waals surface area contributed by atoms with Crippen LogP contribution >= 0.6 is 0 Å². The fraction of sp³-hybridized carbons (Fsp3) is 0.400. The largest absolute Gasteiger partial charge is 0.443 e. The molecule has 0 saturated carbocycles. The van der Waals surface area contributed by atoms with Crippen molar-refractivity contribution in [2.45, 2.75) is 51.9 Å². The van der Waals surface area contributed by atoms with Gasteiger partial charge in [-0.1, -0.05) is 6.08 Å². The van der Waals surface area contributed by atoms with Gasteiger partial charge in [0, 0.05) is 46.0 Å². The first kappa shape index (κ1) is 33.5. The third kappa shape index (κ3) is 8.75. The highest BCUT2D eigenvalue weighted by Crippen LogP contribution is 2.23. The minimum absolute atomic E-state index is 0.0240. The second-order valence-electron chi connectivity index (χ2n) is 11.3. The number of hydrogen-bond acceptors (Lipinski definition) is 8. The summed E-state index contributed by atoms with van der Waals surface area (Å²) in [7, 11) is 6.10. The number of likely N-dealkylation sites (N-methyl/N-ethyl adjacent to an activating group) is 1. The van der Waals surface area contributed by atoms with Gasteiger partial charge in [0.1, 0.15) is 11.4 Å². The lowest BCUT2D eigenvalue weighted by molar-refractivity contribution is -0.125. The highest BCUT2D eigenvalue weighted by molar-refractivity contribution is 5.94. The summed E-state index contributed by atoms with van der Waals surface area (Å²) >= 11 is 0.